The standard InChI is InChI=1S/C15H14ClF3N4S/c1-2-3-6-24-22-14-10(8-20)9-21-23(14)13-5-4-11(7-12(13)16)15(17,18)19/h4-5,7,9,22H,2-3,6H2,1H3. The third-order valence-corrected chi connectivity index (χ3v) is 4.29. The molecule has 0 fully saturated rings. The Morgan fingerprint density at radius 3 is 2.75 bits per heavy atom. The number of nitrogens with one attached hydrogen (secondary N) is 1. The van der Waals surface area contributed by atoms with Crippen LogP contribution in [0, 0.1) is 11.3 Å². The second kappa shape index (κ2) is 7.81. The first-order valence-electron chi connectivity index (χ1n) is 7.11. The maximum atomic E-state index is 12.7. The van der Waals surface area contributed by atoms with Gasteiger partial charge < -0.3 is 4.72 Å². The van der Waals surface area contributed by atoms with Crippen LogP contribution in [0.3, 0.4) is 0 Å². The molecule has 0 radical (unpaired) electrons. The lowest BCUT2D eigenvalue weighted by Gasteiger charge is -2.13. The molecule has 1 aromatic carbocycles. The third kappa shape index (κ3) is 4.16. The Bertz CT molecular complexity index is 752. The Kier molecular flexibility index (Phi) is 6.02. The topological polar surface area (TPSA) is 53.6 Å². The van der Waals surface area contributed by atoms with Gasteiger partial charge in [-0.25, -0.2) is 4.68 Å². The van der Waals surface area contributed by atoms with Crippen LogP contribution in [0.4, 0.5) is 19.0 Å². The number of hydrogen-bond donors (Lipinski definition) is 1. The van der Waals surface area contributed by atoms with Crippen molar-refractivity contribution in [2.24, 2.45) is 0 Å². The van der Waals surface area contributed by atoms with Crippen molar-refractivity contribution in [3.8, 4) is 11.8 Å². The molecule has 0 saturated carbocycles. The SMILES string of the molecule is CCCCSNc1c(C#N)cnn1-c1ccc(C(F)(F)F)cc1Cl. The first-order chi connectivity index (χ1) is 11.4. The van der Waals surface area contributed by atoms with E-state index in [1.807, 2.05) is 6.07 Å². The van der Waals surface area contributed by atoms with E-state index in [2.05, 4.69) is 16.7 Å². The fraction of sp³-hybridized carbons (Fsp3) is 0.333. The molecule has 24 heavy (non-hydrogen) atoms. The summed E-state index contributed by atoms with van der Waals surface area (Å²) in [6.45, 7) is 2.06. The molecule has 0 amide bonds. The van der Waals surface area contributed by atoms with Crippen molar-refractivity contribution in [2.45, 2.75) is 25.9 Å². The molecule has 0 spiro atoms. The normalized spacial score (nSPS) is 11.3. The third-order valence-electron chi connectivity index (χ3n) is 3.16. The minimum absolute atomic E-state index is 0.0981. The molecule has 0 aliphatic rings. The van der Waals surface area contributed by atoms with Crippen LogP contribution in [0.1, 0.15) is 30.9 Å². The summed E-state index contributed by atoms with van der Waals surface area (Å²) in [5.41, 5.74) is -0.282. The Hall–Kier alpha value is -1.85. The number of aromatic nitrogens is 2. The molecule has 9 heteroatoms. The van der Waals surface area contributed by atoms with E-state index in [1.54, 1.807) is 0 Å². The molecule has 0 aliphatic carbocycles. The lowest BCUT2D eigenvalue weighted by Crippen LogP contribution is -2.07. The summed E-state index contributed by atoms with van der Waals surface area (Å²) in [6.07, 6.45) is -1.10. The van der Waals surface area contributed by atoms with Crippen LogP contribution >= 0.6 is 23.5 Å². The number of hydrogen-bond acceptors (Lipinski definition) is 4. The van der Waals surface area contributed by atoms with Gasteiger partial charge in [0.2, 0.25) is 0 Å². The molecule has 2 aromatic rings. The van der Waals surface area contributed by atoms with E-state index in [-0.39, 0.29) is 16.3 Å². The molecule has 1 heterocycles. The number of nitrogens with zero attached hydrogens (tertiary/aromatic N) is 3. The molecule has 0 atom stereocenters. The Balaban J connectivity index is 2.35. The quantitative estimate of drug-likeness (QED) is 0.552. The monoisotopic (exact) mass is 374 g/mol. The van der Waals surface area contributed by atoms with Gasteiger partial charge in [-0.05, 0) is 24.6 Å². The summed E-state index contributed by atoms with van der Waals surface area (Å²) in [5, 5.41) is 13.1. The van der Waals surface area contributed by atoms with Crippen LogP contribution < -0.4 is 4.72 Å². The minimum Gasteiger partial charge on any atom is -0.313 e. The Labute approximate surface area is 146 Å². The van der Waals surface area contributed by atoms with Gasteiger partial charge in [-0.15, -0.1) is 0 Å². The summed E-state index contributed by atoms with van der Waals surface area (Å²) in [4.78, 5) is 0. The lowest BCUT2D eigenvalue weighted by atomic mass is 10.2. The van der Waals surface area contributed by atoms with Crippen molar-refractivity contribution in [1.29, 1.82) is 5.26 Å². The zero-order valence-corrected chi connectivity index (χ0v) is 14.3. The summed E-state index contributed by atoms with van der Waals surface area (Å²) >= 11 is 7.40. The molecule has 128 valence electrons. The summed E-state index contributed by atoms with van der Waals surface area (Å²) in [7, 11) is 0. The van der Waals surface area contributed by atoms with E-state index in [1.165, 1.54) is 28.9 Å². The molecule has 0 aliphatic heterocycles. The highest BCUT2D eigenvalue weighted by atomic mass is 35.5. The van der Waals surface area contributed by atoms with Gasteiger partial charge in [0.25, 0.3) is 0 Å². The molecule has 1 aromatic heterocycles. The van der Waals surface area contributed by atoms with Gasteiger partial charge in [0.05, 0.1) is 22.5 Å². The van der Waals surface area contributed by atoms with E-state index >= 15 is 0 Å². The highest BCUT2D eigenvalue weighted by molar-refractivity contribution is 8.00. The highest BCUT2D eigenvalue weighted by Gasteiger charge is 2.31. The van der Waals surface area contributed by atoms with Gasteiger partial charge in [-0.2, -0.15) is 23.5 Å². The molecule has 0 saturated heterocycles. The zero-order valence-electron chi connectivity index (χ0n) is 12.7. The van der Waals surface area contributed by atoms with Crippen molar-refractivity contribution < 1.29 is 13.2 Å². The van der Waals surface area contributed by atoms with Gasteiger partial charge >= 0.3 is 6.18 Å². The first-order valence-corrected chi connectivity index (χ1v) is 8.48. The van der Waals surface area contributed by atoms with Crippen molar-refractivity contribution in [2.75, 3.05) is 10.5 Å². The predicted molar refractivity (Wildman–Crippen MR) is 89.3 cm³/mol. The van der Waals surface area contributed by atoms with Gasteiger partial charge in [0.15, 0.2) is 5.82 Å². The Morgan fingerprint density at radius 1 is 1.42 bits per heavy atom. The van der Waals surface area contributed by atoms with Crippen molar-refractivity contribution in [3.63, 3.8) is 0 Å². The molecule has 0 bridgehead atoms. The van der Waals surface area contributed by atoms with Crippen molar-refractivity contribution >= 4 is 29.4 Å². The van der Waals surface area contributed by atoms with E-state index in [0.29, 0.717) is 5.82 Å². The number of anilines is 1. The van der Waals surface area contributed by atoms with Gasteiger partial charge in [0, 0.05) is 5.75 Å². The van der Waals surface area contributed by atoms with Crippen LogP contribution in [0.2, 0.25) is 5.02 Å². The van der Waals surface area contributed by atoms with Crippen LogP contribution in [-0.4, -0.2) is 15.5 Å². The van der Waals surface area contributed by atoms with Gasteiger partial charge in [-0.1, -0.05) is 36.9 Å². The fourth-order valence-electron chi connectivity index (χ4n) is 1.90. The molecular formula is C15H14ClF3N4S. The van der Waals surface area contributed by atoms with E-state index < -0.39 is 11.7 Å². The molecule has 1 N–H and O–H groups in total. The summed E-state index contributed by atoms with van der Waals surface area (Å²) in [5.74, 6) is 1.22. The van der Waals surface area contributed by atoms with E-state index in [9.17, 15) is 13.2 Å². The summed E-state index contributed by atoms with van der Waals surface area (Å²) < 4.78 is 42.6. The second-order valence-electron chi connectivity index (χ2n) is 4.90. The van der Waals surface area contributed by atoms with Gasteiger partial charge in [-0.3, -0.25) is 0 Å². The van der Waals surface area contributed by atoms with Crippen LogP contribution in [0.25, 0.3) is 5.69 Å². The summed E-state index contributed by atoms with van der Waals surface area (Å²) in [6, 6.07) is 5.02. The van der Waals surface area contributed by atoms with Crippen molar-refractivity contribution in [1.82, 2.24) is 9.78 Å². The number of benzene rings is 1. The average Bonchev–Trinajstić information content (AvgIpc) is 2.93. The molecular weight excluding hydrogens is 361 g/mol. The smallest absolute Gasteiger partial charge is 0.313 e. The maximum absolute atomic E-state index is 12.7. The lowest BCUT2D eigenvalue weighted by molar-refractivity contribution is -0.137. The number of alkyl halides is 3. The number of nitriles is 1. The van der Waals surface area contributed by atoms with E-state index in [0.717, 1.165) is 30.7 Å². The van der Waals surface area contributed by atoms with E-state index in [4.69, 9.17) is 16.9 Å². The first kappa shape index (κ1) is 18.5. The number of rotatable bonds is 6. The van der Waals surface area contributed by atoms with Crippen LogP contribution in [0.5, 0.6) is 0 Å². The van der Waals surface area contributed by atoms with Crippen LogP contribution in [0.15, 0.2) is 24.4 Å². The predicted octanol–water partition coefficient (Wildman–Crippen LogP) is 5.28. The van der Waals surface area contributed by atoms with Gasteiger partial charge in [0.1, 0.15) is 11.6 Å². The van der Waals surface area contributed by atoms with Crippen LogP contribution in [-0.2, 0) is 6.18 Å². The van der Waals surface area contributed by atoms with Crippen molar-refractivity contribution in [3.05, 3.63) is 40.5 Å². The maximum Gasteiger partial charge on any atom is 0.416 e. The number of halogens is 4. The minimum atomic E-state index is -4.47. The highest BCUT2D eigenvalue weighted by Crippen LogP contribution is 2.34. The zero-order chi connectivity index (χ0) is 17.7. The largest absolute Gasteiger partial charge is 0.416 e. The Morgan fingerprint density at radius 2 is 2.17 bits per heavy atom. The second-order valence-corrected chi connectivity index (χ2v) is 6.21. The molecule has 4 nitrogen and oxygen atoms in total. The fourth-order valence-corrected chi connectivity index (χ4v) is 3.03. The molecule has 0 unspecified atom stereocenters. The molecule has 2 rings (SSSR count). The average molecular weight is 375 g/mol. The number of unbranched alkanes of at least 4 members (excludes halogenated alkanes) is 1.